The molecule has 24 heavy (non-hydrogen) atoms. The van der Waals surface area contributed by atoms with Crippen molar-refractivity contribution in [2.45, 2.75) is 56.9 Å². The number of carbonyl (C=O) groups is 1. The first kappa shape index (κ1) is 16.4. The van der Waals surface area contributed by atoms with Crippen LogP contribution in [0.2, 0.25) is 0 Å². The smallest absolute Gasteiger partial charge is 0.240 e. The summed E-state index contributed by atoms with van der Waals surface area (Å²) in [6, 6.07) is 0.658. The highest BCUT2D eigenvalue weighted by Gasteiger charge is 2.31. The molecule has 0 aromatic carbocycles. The molecule has 3 aliphatic rings. The molecule has 1 aromatic rings. The Labute approximate surface area is 147 Å². The molecule has 1 N–H and O–H groups in total. The summed E-state index contributed by atoms with van der Waals surface area (Å²) in [5.41, 5.74) is 0. The Morgan fingerprint density at radius 2 is 1.96 bits per heavy atom. The van der Waals surface area contributed by atoms with Crippen LogP contribution in [0.1, 0.15) is 55.9 Å². The van der Waals surface area contributed by atoms with E-state index in [2.05, 4.69) is 25.3 Å². The lowest BCUT2D eigenvalue weighted by Gasteiger charge is -2.36. The number of carbonyl (C=O) groups excluding carboxylic acids is 1. The Balaban J connectivity index is 1.27. The van der Waals surface area contributed by atoms with E-state index in [1.807, 2.05) is 0 Å². The molecular formula is C17H27N5OS. The second kappa shape index (κ2) is 7.45. The Morgan fingerprint density at radius 3 is 2.83 bits per heavy atom. The number of piperazine rings is 1. The van der Waals surface area contributed by atoms with Gasteiger partial charge in [-0.05, 0) is 32.2 Å². The van der Waals surface area contributed by atoms with Gasteiger partial charge in [0.1, 0.15) is 5.01 Å². The zero-order valence-corrected chi connectivity index (χ0v) is 15.1. The number of fused-ring (bicyclic) bond motifs is 1. The van der Waals surface area contributed by atoms with Crippen LogP contribution < -0.4 is 5.32 Å². The maximum atomic E-state index is 12.3. The van der Waals surface area contributed by atoms with E-state index in [4.69, 9.17) is 0 Å². The predicted molar refractivity (Wildman–Crippen MR) is 95.4 cm³/mol. The number of nitrogens with one attached hydrogen (secondary N) is 1. The molecule has 1 atom stereocenters. The number of anilines is 1. The zero-order valence-electron chi connectivity index (χ0n) is 14.2. The van der Waals surface area contributed by atoms with Gasteiger partial charge in [-0.15, -0.1) is 10.2 Å². The van der Waals surface area contributed by atoms with Crippen molar-refractivity contribution < 1.29 is 4.79 Å². The third kappa shape index (κ3) is 3.78. The lowest BCUT2D eigenvalue weighted by Crippen LogP contribution is -2.51. The molecule has 0 spiro atoms. The fraction of sp³-hybridized carbons (Fsp3) is 0.824. The van der Waals surface area contributed by atoms with E-state index < -0.39 is 0 Å². The summed E-state index contributed by atoms with van der Waals surface area (Å²) < 4.78 is 0. The van der Waals surface area contributed by atoms with E-state index in [0.29, 0.717) is 23.6 Å². The van der Waals surface area contributed by atoms with Crippen molar-refractivity contribution in [3.63, 3.8) is 0 Å². The zero-order chi connectivity index (χ0) is 16.4. The maximum absolute atomic E-state index is 12.3. The van der Waals surface area contributed by atoms with E-state index in [9.17, 15) is 4.79 Å². The van der Waals surface area contributed by atoms with E-state index in [1.165, 1.54) is 51.5 Å². The van der Waals surface area contributed by atoms with Crippen molar-refractivity contribution in [1.82, 2.24) is 20.0 Å². The number of hydrogen-bond donors (Lipinski definition) is 1. The van der Waals surface area contributed by atoms with Crippen molar-refractivity contribution >= 4 is 22.4 Å². The molecule has 3 fully saturated rings. The van der Waals surface area contributed by atoms with Gasteiger partial charge in [-0.3, -0.25) is 19.9 Å². The van der Waals surface area contributed by atoms with Gasteiger partial charge in [-0.1, -0.05) is 30.6 Å². The van der Waals surface area contributed by atoms with Gasteiger partial charge in [0.05, 0.1) is 6.54 Å². The van der Waals surface area contributed by atoms with Gasteiger partial charge in [0.25, 0.3) is 0 Å². The van der Waals surface area contributed by atoms with Crippen molar-refractivity contribution in [3.05, 3.63) is 5.01 Å². The fourth-order valence-electron chi connectivity index (χ4n) is 4.36. The molecule has 132 valence electrons. The molecule has 3 heterocycles. The second-order valence-electron chi connectivity index (χ2n) is 7.40. The van der Waals surface area contributed by atoms with E-state index in [-0.39, 0.29) is 5.91 Å². The van der Waals surface area contributed by atoms with Gasteiger partial charge in [0.2, 0.25) is 11.0 Å². The monoisotopic (exact) mass is 349 g/mol. The van der Waals surface area contributed by atoms with Gasteiger partial charge >= 0.3 is 0 Å². The molecule has 0 bridgehead atoms. The Bertz CT molecular complexity index is 571. The van der Waals surface area contributed by atoms with Crippen LogP contribution in [0.15, 0.2) is 0 Å². The van der Waals surface area contributed by atoms with Crippen molar-refractivity contribution in [1.29, 1.82) is 0 Å². The molecule has 1 aliphatic carbocycles. The molecule has 2 aliphatic heterocycles. The van der Waals surface area contributed by atoms with E-state index in [0.717, 1.165) is 24.6 Å². The van der Waals surface area contributed by atoms with Crippen LogP contribution in [0, 0.1) is 0 Å². The Morgan fingerprint density at radius 1 is 1.08 bits per heavy atom. The van der Waals surface area contributed by atoms with Crippen LogP contribution in [0.4, 0.5) is 5.13 Å². The van der Waals surface area contributed by atoms with E-state index >= 15 is 0 Å². The lowest BCUT2D eigenvalue weighted by molar-refractivity contribution is -0.117. The molecule has 0 unspecified atom stereocenters. The maximum Gasteiger partial charge on any atom is 0.240 e. The summed E-state index contributed by atoms with van der Waals surface area (Å²) in [5, 5.41) is 13.2. The quantitative estimate of drug-likeness (QED) is 0.904. The van der Waals surface area contributed by atoms with Gasteiger partial charge in [-0.2, -0.15) is 0 Å². The Hall–Kier alpha value is -1.05. The summed E-state index contributed by atoms with van der Waals surface area (Å²) in [5.74, 6) is 0.602. The first-order chi connectivity index (χ1) is 11.8. The molecule has 1 saturated carbocycles. The minimum atomic E-state index is 0.0489. The molecule has 7 heteroatoms. The van der Waals surface area contributed by atoms with Crippen LogP contribution in [-0.2, 0) is 4.79 Å². The van der Waals surface area contributed by atoms with Crippen LogP contribution in [-0.4, -0.2) is 64.7 Å². The SMILES string of the molecule is O=C(CN1CCN2CCC[C@@H]2C1)Nc1nnc(C2CCCCC2)s1. The summed E-state index contributed by atoms with van der Waals surface area (Å²) in [6.07, 6.45) is 8.94. The summed E-state index contributed by atoms with van der Waals surface area (Å²) in [4.78, 5) is 17.2. The third-order valence-electron chi connectivity index (χ3n) is 5.68. The summed E-state index contributed by atoms with van der Waals surface area (Å²) in [7, 11) is 0. The molecular weight excluding hydrogens is 322 g/mol. The number of amides is 1. The minimum Gasteiger partial charge on any atom is -0.299 e. The van der Waals surface area contributed by atoms with Crippen molar-refractivity contribution in [2.24, 2.45) is 0 Å². The number of nitrogens with zero attached hydrogens (tertiary/aromatic N) is 4. The topological polar surface area (TPSA) is 61.4 Å². The fourth-order valence-corrected chi connectivity index (χ4v) is 5.29. The standard InChI is InChI=1S/C17H27N5OS/c23-15(12-21-9-10-22-8-4-7-14(22)11-21)18-17-20-19-16(24-17)13-5-2-1-3-6-13/h13-14H,1-12H2,(H,18,20,23)/t14-/m1/s1. The van der Waals surface area contributed by atoms with Gasteiger partial charge in [-0.25, -0.2) is 0 Å². The second-order valence-corrected chi connectivity index (χ2v) is 8.40. The lowest BCUT2D eigenvalue weighted by atomic mass is 9.90. The van der Waals surface area contributed by atoms with E-state index in [1.54, 1.807) is 11.3 Å². The normalized spacial score (nSPS) is 26.4. The first-order valence-electron chi connectivity index (χ1n) is 9.37. The molecule has 4 rings (SSSR count). The Kier molecular flexibility index (Phi) is 5.10. The third-order valence-corrected chi connectivity index (χ3v) is 6.68. The predicted octanol–water partition coefficient (Wildman–Crippen LogP) is 2.30. The molecule has 2 saturated heterocycles. The van der Waals surface area contributed by atoms with Crippen LogP contribution in [0.3, 0.4) is 0 Å². The van der Waals surface area contributed by atoms with Gasteiger partial charge in [0.15, 0.2) is 0 Å². The minimum absolute atomic E-state index is 0.0489. The highest BCUT2D eigenvalue weighted by molar-refractivity contribution is 7.15. The highest BCUT2D eigenvalue weighted by Crippen LogP contribution is 2.35. The van der Waals surface area contributed by atoms with Crippen LogP contribution >= 0.6 is 11.3 Å². The molecule has 0 radical (unpaired) electrons. The highest BCUT2D eigenvalue weighted by atomic mass is 32.1. The average Bonchev–Trinajstić information content (AvgIpc) is 3.24. The first-order valence-corrected chi connectivity index (χ1v) is 10.2. The molecule has 1 amide bonds. The van der Waals surface area contributed by atoms with Gasteiger partial charge in [0, 0.05) is 31.6 Å². The van der Waals surface area contributed by atoms with Crippen molar-refractivity contribution in [3.8, 4) is 0 Å². The summed E-state index contributed by atoms with van der Waals surface area (Å²) >= 11 is 1.56. The molecule has 1 aromatic heterocycles. The number of aromatic nitrogens is 2. The number of rotatable bonds is 4. The van der Waals surface area contributed by atoms with Gasteiger partial charge < -0.3 is 0 Å². The average molecular weight is 350 g/mol. The summed E-state index contributed by atoms with van der Waals surface area (Å²) in [6.45, 7) is 4.83. The van der Waals surface area contributed by atoms with Crippen LogP contribution in [0.5, 0.6) is 0 Å². The molecule has 6 nitrogen and oxygen atoms in total. The largest absolute Gasteiger partial charge is 0.299 e. The van der Waals surface area contributed by atoms with Crippen LogP contribution in [0.25, 0.3) is 0 Å². The number of hydrogen-bond acceptors (Lipinski definition) is 6. The van der Waals surface area contributed by atoms with Crippen molar-refractivity contribution in [2.75, 3.05) is 38.0 Å².